The first-order valence-corrected chi connectivity index (χ1v) is 9.15. The number of fused-ring (bicyclic) bond motifs is 1. The highest BCUT2D eigenvalue weighted by Gasteiger charge is 2.03. The van der Waals surface area contributed by atoms with Crippen molar-refractivity contribution in [2.24, 2.45) is 0 Å². The van der Waals surface area contributed by atoms with E-state index in [0.717, 1.165) is 31.5 Å². The van der Waals surface area contributed by atoms with Gasteiger partial charge in [0.1, 0.15) is 0 Å². The van der Waals surface area contributed by atoms with Crippen molar-refractivity contribution in [3.63, 3.8) is 0 Å². The Balaban J connectivity index is 1.29. The smallest absolute Gasteiger partial charge is 0.0456 e. The van der Waals surface area contributed by atoms with Crippen LogP contribution in [0.25, 0.3) is 10.9 Å². The quantitative estimate of drug-likeness (QED) is 0.476. The van der Waals surface area contributed by atoms with Crippen molar-refractivity contribution in [1.29, 1.82) is 0 Å². The number of aromatic amines is 1. The molecule has 4 rings (SSSR count). The normalized spacial score (nSPS) is 10.9. The molecule has 0 aliphatic heterocycles. The molecule has 0 aliphatic carbocycles. The van der Waals surface area contributed by atoms with Gasteiger partial charge >= 0.3 is 0 Å². The summed E-state index contributed by atoms with van der Waals surface area (Å²) in [6, 6.07) is 21.4. The SMILES string of the molecule is c1ccc2c(CCCc3ccc(NCc4ccncc4)cc3)c[nH]c2c1. The van der Waals surface area contributed by atoms with Gasteiger partial charge in [-0.2, -0.15) is 0 Å². The highest BCUT2D eigenvalue weighted by atomic mass is 14.9. The Bertz CT molecular complexity index is 956. The van der Waals surface area contributed by atoms with Crippen LogP contribution in [0.2, 0.25) is 0 Å². The van der Waals surface area contributed by atoms with Crippen molar-refractivity contribution in [2.75, 3.05) is 5.32 Å². The van der Waals surface area contributed by atoms with Crippen LogP contribution in [0.15, 0.2) is 79.3 Å². The minimum atomic E-state index is 0.822. The lowest BCUT2D eigenvalue weighted by atomic mass is 10.0. The third kappa shape index (κ3) is 3.94. The van der Waals surface area contributed by atoms with E-state index in [1.807, 2.05) is 24.5 Å². The zero-order valence-electron chi connectivity index (χ0n) is 14.8. The fourth-order valence-corrected chi connectivity index (χ4v) is 3.32. The number of nitrogens with one attached hydrogen (secondary N) is 2. The Labute approximate surface area is 154 Å². The molecule has 0 atom stereocenters. The number of anilines is 1. The number of hydrogen-bond donors (Lipinski definition) is 2. The van der Waals surface area contributed by atoms with E-state index in [-0.39, 0.29) is 0 Å². The minimum Gasteiger partial charge on any atom is -0.381 e. The van der Waals surface area contributed by atoms with E-state index >= 15 is 0 Å². The Kier molecular flexibility index (Phi) is 4.97. The topological polar surface area (TPSA) is 40.7 Å². The minimum absolute atomic E-state index is 0.822. The second-order valence-electron chi connectivity index (χ2n) is 6.62. The molecule has 0 bridgehead atoms. The summed E-state index contributed by atoms with van der Waals surface area (Å²) < 4.78 is 0. The van der Waals surface area contributed by atoms with Crippen LogP contribution in [-0.2, 0) is 19.4 Å². The number of para-hydroxylation sites is 1. The van der Waals surface area contributed by atoms with Crippen molar-refractivity contribution in [3.8, 4) is 0 Å². The summed E-state index contributed by atoms with van der Waals surface area (Å²) in [4.78, 5) is 7.41. The van der Waals surface area contributed by atoms with E-state index in [9.17, 15) is 0 Å². The molecule has 2 heterocycles. The third-order valence-electron chi connectivity index (χ3n) is 4.79. The Morgan fingerprint density at radius 3 is 2.46 bits per heavy atom. The maximum absolute atomic E-state index is 4.05. The monoisotopic (exact) mass is 341 g/mol. The van der Waals surface area contributed by atoms with E-state index < -0.39 is 0 Å². The van der Waals surface area contributed by atoms with E-state index in [1.165, 1.54) is 27.6 Å². The zero-order valence-corrected chi connectivity index (χ0v) is 14.8. The van der Waals surface area contributed by atoms with Gasteiger partial charge in [0, 0.05) is 41.7 Å². The number of benzene rings is 2. The standard InChI is InChI=1S/C23H23N3/c1-2-7-23-22(6-1)20(17-26-23)5-3-4-18-8-10-21(11-9-18)25-16-19-12-14-24-15-13-19/h1-2,6-15,17,25-26H,3-5,16H2. The first kappa shape index (κ1) is 16.4. The first-order chi connectivity index (χ1) is 12.9. The average molecular weight is 341 g/mol. The molecule has 0 saturated carbocycles. The van der Waals surface area contributed by atoms with E-state index in [0.29, 0.717) is 0 Å². The van der Waals surface area contributed by atoms with Crippen LogP contribution in [0, 0.1) is 0 Å². The lowest BCUT2D eigenvalue weighted by molar-refractivity contribution is 0.825. The van der Waals surface area contributed by atoms with Crippen LogP contribution in [-0.4, -0.2) is 9.97 Å². The van der Waals surface area contributed by atoms with E-state index in [2.05, 4.69) is 70.0 Å². The molecule has 2 N–H and O–H groups in total. The molecular weight excluding hydrogens is 318 g/mol. The van der Waals surface area contributed by atoms with Crippen molar-refractivity contribution >= 4 is 16.6 Å². The summed E-state index contributed by atoms with van der Waals surface area (Å²) in [6.45, 7) is 0.822. The van der Waals surface area contributed by atoms with Gasteiger partial charge in [-0.1, -0.05) is 30.3 Å². The van der Waals surface area contributed by atoms with Crippen molar-refractivity contribution in [3.05, 3.63) is 95.9 Å². The number of H-pyrrole nitrogens is 1. The van der Waals surface area contributed by atoms with E-state index in [1.54, 1.807) is 0 Å². The molecule has 0 amide bonds. The van der Waals surface area contributed by atoms with Gasteiger partial charge in [0.05, 0.1) is 0 Å². The molecule has 2 aromatic carbocycles. The van der Waals surface area contributed by atoms with Gasteiger partial charge in [0.25, 0.3) is 0 Å². The highest BCUT2D eigenvalue weighted by molar-refractivity contribution is 5.83. The first-order valence-electron chi connectivity index (χ1n) is 9.15. The fraction of sp³-hybridized carbons (Fsp3) is 0.174. The van der Waals surface area contributed by atoms with Gasteiger partial charge in [0.2, 0.25) is 0 Å². The number of hydrogen-bond acceptors (Lipinski definition) is 2. The number of pyridine rings is 1. The Hall–Kier alpha value is -3.07. The van der Waals surface area contributed by atoms with Crippen LogP contribution < -0.4 is 5.32 Å². The predicted octanol–water partition coefficient (Wildman–Crippen LogP) is 5.35. The van der Waals surface area contributed by atoms with Crippen LogP contribution in [0.5, 0.6) is 0 Å². The fourth-order valence-electron chi connectivity index (χ4n) is 3.32. The molecule has 0 unspecified atom stereocenters. The van der Waals surface area contributed by atoms with Gasteiger partial charge < -0.3 is 10.3 Å². The Morgan fingerprint density at radius 2 is 1.62 bits per heavy atom. The molecule has 0 radical (unpaired) electrons. The largest absolute Gasteiger partial charge is 0.381 e. The molecule has 3 heteroatoms. The number of rotatable bonds is 7. The number of aromatic nitrogens is 2. The molecule has 0 fully saturated rings. The molecule has 4 aromatic rings. The summed E-state index contributed by atoms with van der Waals surface area (Å²) >= 11 is 0. The molecule has 2 aromatic heterocycles. The van der Waals surface area contributed by atoms with Crippen molar-refractivity contribution < 1.29 is 0 Å². The van der Waals surface area contributed by atoms with Gasteiger partial charge in [-0.25, -0.2) is 0 Å². The van der Waals surface area contributed by atoms with Gasteiger partial charge in [-0.05, 0) is 66.3 Å². The second-order valence-corrected chi connectivity index (χ2v) is 6.62. The summed E-state index contributed by atoms with van der Waals surface area (Å²) in [5.41, 5.74) is 6.42. The molecule has 26 heavy (non-hydrogen) atoms. The van der Waals surface area contributed by atoms with Gasteiger partial charge in [-0.3, -0.25) is 4.98 Å². The van der Waals surface area contributed by atoms with Crippen LogP contribution in [0.3, 0.4) is 0 Å². The molecule has 3 nitrogen and oxygen atoms in total. The van der Waals surface area contributed by atoms with Crippen molar-refractivity contribution in [1.82, 2.24) is 9.97 Å². The lowest BCUT2D eigenvalue weighted by Crippen LogP contribution is -1.99. The molecule has 0 aliphatic rings. The number of aryl methyl sites for hydroxylation is 2. The maximum atomic E-state index is 4.05. The molecule has 0 spiro atoms. The van der Waals surface area contributed by atoms with Crippen molar-refractivity contribution in [2.45, 2.75) is 25.8 Å². The van der Waals surface area contributed by atoms with Gasteiger partial charge in [0.15, 0.2) is 0 Å². The maximum Gasteiger partial charge on any atom is 0.0456 e. The summed E-state index contributed by atoms with van der Waals surface area (Å²) in [5.74, 6) is 0. The average Bonchev–Trinajstić information content (AvgIpc) is 3.11. The highest BCUT2D eigenvalue weighted by Crippen LogP contribution is 2.20. The summed E-state index contributed by atoms with van der Waals surface area (Å²) in [7, 11) is 0. The second kappa shape index (κ2) is 7.87. The molecular formula is C23H23N3. The predicted molar refractivity (Wildman–Crippen MR) is 108 cm³/mol. The van der Waals surface area contributed by atoms with Crippen LogP contribution >= 0.6 is 0 Å². The van der Waals surface area contributed by atoms with Crippen LogP contribution in [0.4, 0.5) is 5.69 Å². The summed E-state index contributed by atoms with van der Waals surface area (Å²) in [6.07, 6.45) is 9.17. The Morgan fingerprint density at radius 1 is 0.808 bits per heavy atom. The third-order valence-corrected chi connectivity index (χ3v) is 4.79. The molecule has 130 valence electrons. The molecule has 0 saturated heterocycles. The summed E-state index contributed by atoms with van der Waals surface area (Å²) in [5, 5.41) is 4.80. The number of nitrogens with zero attached hydrogens (tertiary/aromatic N) is 1. The zero-order chi connectivity index (χ0) is 17.6. The van der Waals surface area contributed by atoms with Gasteiger partial charge in [-0.15, -0.1) is 0 Å². The lowest BCUT2D eigenvalue weighted by Gasteiger charge is -2.08. The van der Waals surface area contributed by atoms with E-state index in [4.69, 9.17) is 0 Å². The van der Waals surface area contributed by atoms with Crippen LogP contribution in [0.1, 0.15) is 23.1 Å².